The lowest BCUT2D eigenvalue weighted by molar-refractivity contribution is -0.120. The molecule has 3 N–H and O–H groups in total. The lowest BCUT2D eigenvalue weighted by Crippen LogP contribution is -2.35. The van der Waals surface area contributed by atoms with Crippen molar-refractivity contribution in [3.05, 3.63) is 34.8 Å². The lowest BCUT2D eigenvalue weighted by atomic mass is 10.1. The minimum absolute atomic E-state index is 0.0240. The third-order valence-electron chi connectivity index (χ3n) is 3.77. The SMILES string of the molecule is CN1C(=O)COc2ccc(C(=O)NCCCc3csc(N)n3)cc21. The molecule has 0 unspecified atom stereocenters. The number of hydrogen-bond donors (Lipinski definition) is 2. The van der Waals surface area contributed by atoms with Gasteiger partial charge in [-0.3, -0.25) is 9.59 Å². The molecule has 8 heteroatoms. The predicted molar refractivity (Wildman–Crippen MR) is 92.5 cm³/mol. The summed E-state index contributed by atoms with van der Waals surface area (Å²) in [6.45, 7) is 0.564. The fourth-order valence-corrected chi connectivity index (χ4v) is 3.02. The van der Waals surface area contributed by atoms with E-state index in [1.165, 1.54) is 16.2 Å². The van der Waals surface area contributed by atoms with E-state index in [1.54, 1.807) is 25.2 Å². The molecule has 0 saturated heterocycles. The molecule has 1 aromatic heterocycles. The van der Waals surface area contributed by atoms with Crippen LogP contribution in [0.15, 0.2) is 23.6 Å². The number of fused-ring (bicyclic) bond motifs is 1. The Morgan fingerprint density at radius 1 is 1.50 bits per heavy atom. The minimum Gasteiger partial charge on any atom is -0.482 e. The van der Waals surface area contributed by atoms with Crippen LogP contribution in [0.2, 0.25) is 0 Å². The highest BCUT2D eigenvalue weighted by Gasteiger charge is 2.23. The number of thiazole rings is 1. The first-order chi connectivity index (χ1) is 11.5. The number of carbonyl (C=O) groups excluding carboxylic acids is 2. The molecule has 0 spiro atoms. The van der Waals surface area contributed by atoms with Crippen molar-refractivity contribution in [2.45, 2.75) is 12.8 Å². The van der Waals surface area contributed by atoms with Crippen LogP contribution in [0.25, 0.3) is 0 Å². The van der Waals surface area contributed by atoms with Crippen LogP contribution in [0.1, 0.15) is 22.5 Å². The second-order valence-corrected chi connectivity index (χ2v) is 6.35. The van der Waals surface area contributed by atoms with Gasteiger partial charge in [-0.05, 0) is 31.0 Å². The molecular formula is C16H18N4O3S. The van der Waals surface area contributed by atoms with E-state index < -0.39 is 0 Å². The number of ether oxygens (including phenoxy) is 1. The number of aromatic nitrogens is 1. The van der Waals surface area contributed by atoms with Crippen LogP contribution in [0.5, 0.6) is 5.75 Å². The summed E-state index contributed by atoms with van der Waals surface area (Å²) >= 11 is 1.41. The number of aryl methyl sites for hydroxylation is 1. The molecule has 0 radical (unpaired) electrons. The van der Waals surface area contributed by atoms with Gasteiger partial charge >= 0.3 is 0 Å². The number of nitrogens with one attached hydrogen (secondary N) is 1. The summed E-state index contributed by atoms with van der Waals surface area (Å²) in [5.41, 5.74) is 7.63. The molecule has 0 aliphatic carbocycles. The number of nitrogens with two attached hydrogens (primary N) is 1. The van der Waals surface area contributed by atoms with Crippen LogP contribution < -0.4 is 20.7 Å². The maximum Gasteiger partial charge on any atom is 0.264 e. The van der Waals surface area contributed by atoms with Crippen molar-refractivity contribution in [2.75, 3.05) is 30.8 Å². The molecule has 1 aliphatic rings. The van der Waals surface area contributed by atoms with E-state index in [9.17, 15) is 9.59 Å². The molecule has 0 saturated carbocycles. The first-order valence-electron chi connectivity index (χ1n) is 7.56. The summed E-state index contributed by atoms with van der Waals surface area (Å²) in [4.78, 5) is 29.6. The van der Waals surface area contributed by atoms with Crippen molar-refractivity contribution < 1.29 is 14.3 Å². The molecule has 0 fully saturated rings. The second-order valence-electron chi connectivity index (χ2n) is 5.46. The van der Waals surface area contributed by atoms with Gasteiger partial charge in [0.15, 0.2) is 11.7 Å². The highest BCUT2D eigenvalue weighted by molar-refractivity contribution is 7.13. The minimum atomic E-state index is -0.179. The number of nitrogens with zero attached hydrogens (tertiary/aromatic N) is 2. The van der Waals surface area contributed by atoms with Crippen molar-refractivity contribution in [3.63, 3.8) is 0 Å². The fraction of sp³-hybridized carbons (Fsp3) is 0.312. The van der Waals surface area contributed by atoms with E-state index in [0.29, 0.717) is 28.7 Å². The maximum absolute atomic E-state index is 12.2. The zero-order valence-electron chi connectivity index (χ0n) is 13.2. The van der Waals surface area contributed by atoms with E-state index in [1.807, 2.05) is 5.38 Å². The number of benzene rings is 1. The monoisotopic (exact) mass is 346 g/mol. The third kappa shape index (κ3) is 3.48. The van der Waals surface area contributed by atoms with Gasteiger partial charge in [0.05, 0.1) is 11.4 Å². The number of nitrogen functional groups attached to an aromatic ring is 1. The van der Waals surface area contributed by atoms with E-state index in [4.69, 9.17) is 10.5 Å². The van der Waals surface area contributed by atoms with Crippen LogP contribution >= 0.6 is 11.3 Å². The Balaban J connectivity index is 1.56. The summed E-state index contributed by atoms with van der Waals surface area (Å²) in [5, 5.41) is 5.35. The molecule has 0 bridgehead atoms. The highest BCUT2D eigenvalue weighted by Crippen LogP contribution is 2.31. The molecular weight excluding hydrogens is 328 g/mol. The van der Waals surface area contributed by atoms with Gasteiger partial charge in [0, 0.05) is 24.5 Å². The Morgan fingerprint density at radius 2 is 2.33 bits per heavy atom. The molecule has 3 rings (SSSR count). The summed E-state index contributed by atoms with van der Waals surface area (Å²) in [6.07, 6.45) is 1.55. The van der Waals surface area contributed by atoms with Crippen LogP contribution in [-0.4, -0.2) is 37.0 Å². The molecule has 0 atom stereocenters. The molecule has 2 amide bonds. The Labute approximate surface area is 143 Å². The van der Waals surface area contributed by atoms with Crippen LogP contribution in [0.4, 0.5) is 10.8 Å². The number of carbonyl (C=O) groups is 2. The van der Waals surface area contributed by atoms with Crippen LogP contribution in [0, 0.1) is 0 Å². The summed E-state index contributed by atoms with van der Waals surface area (Å²) in [5.74, 6) is 0.291. The number of likely N-dealkylation sites (N-methyl/N-ethyl adjacent to an activating group) is 1. The van der Waals surface area contributed by atoms with E-state index >= 15 is 0 Å². The first kappa shape index (κ1) is 16.3. The summed E-state index contributed by atoms with van der Waals surface area (Å²) in [6, 6.07) is 5.08. The van der Waals surface area contributed by atoms with Crippen LogP contribution in [-0.2, 0) is 11.2 Å². The van der Waals surface area contributed by atoms with E-state index in [0.717, 1.165) is 18.5 Å². The Bertz CT molecular complexity index is 774. The third-order valence-corrected chi connectivity index (χ3v) is 4.50. The van der Waals surface area contributed by atoms with Crippen molar-refractivity contribution >= 4 is 34.0 Å². The molecule has 2 heterocycles. The molecule has 1 aliphatic heterocycles. The van der Waals surface area contributed by atoms with Gasteiger partial charge in [0.2, 0.25) is 0 Å². The molecule has 24 heavy (non-hydrogen) atoms. The van der Waals surface area contributed by atoms with Gasteiger partial charge in [-0.2, -0.15) is 0 Å². The number of hydrogen-bond acceptors (Lipinski definition) is 6. The molecule has 1 aromatic carbocycles. The normalized spacial score (nSPS) is 13.4. The van der Waals surface area contributed by atoms with Gasteiger partial charge < -0.3 is 20.7 Å². The first-order valence-corrected chi connectivity index (χ1v) is 8.44. The van der Waals surface area contributed by atoms with Gasteiger partial charge in [-0.15, -0.1) is 11.3 Å². The van der Waals surface area contributed by atoms with Crippen molar-refractivity contribution in [1.82, 2.24) is 10.3 Å². The van der Waals surface area contributed by atoms with Crippen molar-refractivity contribution in [2.24, 2.45) is 0 Å². The standard InChI is InChI=1S/C16H18N4O3S/c1-20-12-7-10(4-5-13(12)23-8-14(20)21)15(22)18-6-2-3-11-9-24-16(17)19-11/h4-5,7,9H,2-3,6,8H2,1H3,(H2,17,19)(H,18,22). The Kier molecular flexibility index (Phi) is 4.66. The molecule has 2 aromatic rings. The Morgan fingerprint density at radius 3 is 3.08 bits per heavy atom. The average Bonchev–Trinajstić information content (AvgIpc) is 3.00. The van der Waals surface area contributed by atoms with Crippen molar-refractivity contribution in [1.29, 1.82) is 0 Å². The zero-order valence-corrected chi connectivity index (χ0v) is 14.1. The zero-order chi connectivity index (χ0) is 17.1. The topological polar surface area (TPSA) is 97.5 Å². The largest absolute Gasteiger partial charge is 0.482 e. The fourth-order valence-electron chi connectivity index (χ4n) is 2.42. The molecule has 126 valence electrons. The number of rotatable bonds is 5. The quantitative estimate of drug-likeness (QED) is 0.799. The second kappa shape index (κ2) is 6.88. The summed E-state index contributed by atoms with van der Waals surface area (Å²) in [7, 11) is 1.67. The van der Waals surface area contributed by atoms with E-state index in [-0.39, 0.29) is 18.4 Å². The maximum atomic E-state index is 12.2. The van der Waals surface area contributed by atoms with Gasteiger partial charge in [-0.25, -0.2) is 4.98 Å². The smallest absolute Gasteiger partial charge is 0.264 e. The highest BCUT2D eigenvalue weighted by atomic mass is 32.1. The van der Waals surface area contributed by atoms with Crippen molar-refractivity contribution in [3.8, 4) is 5.75 Å². The Hall–Kier alpha value is -2.61. The number of amides is 2. The lowest BCUT2D eigenvalue weighted by Gasteiger charge is -2.26. The molecule has 7 nitrogen and oxygen atoms in total. The number of anilines is 2. The van der Waals surface area contributed by atoms with Gasteiger partial charge in [0.25, 0.3) is 11.8 Å². The van der Waals surface area contributed by atoms with Gasteiger partial charge in [0.1, 0.15) is 5.75 Å². The van der Waals surface area contributed by atoms with E-state index in [2.05, 4.69) is 10.3 Å². The summed E-state index contributed by atoms with van der Waals surface area (Å²) < 4.78 is 5.35. The van der Waals surface area contributed by atoms with Gasteiger partial charge in [-0.1, -0.05) is 0 Å². The predicted octanol–water partition coefficient (Wildman–Crippen LogP) is 1.44. The van der Waals surface area contributed by atoms with Crippen LogP contribution in [0.3, 0.4) is 0 Å². The average molecular weight is 346 g/mol.